The van der Waals surface area contributed by atoms with Crippen LogP contribution in [-0.4, -0.2) is 42.4 Å². The number of rotatable bonds is 3. The van der Waals surface area contributed by atoms with E-state index in [1.54, 1.807) is 0 Å². The molecule has 84 valence electrons. The van der Waals surface area contributed by atoms with Crippen molar-refractivity contribution in [2.75, 3.05) is 19.6 Å². The van der Waals surface area contributed by atoms with Crippen LogP contribution in [0.2, 0.25) is 0 Å². The van der Waals surface area contributed by atoms with Crippen molar-refractivity contribution in [3.63, 3.8) is 0 Å². The molecule has 2 rings (SSSR count). The Morgan fingerprint density at radius 2 is 2.20 bits per heavy atom. The molecule has 2 atom stereocenters. The molecule has 0 spiro atoms. The molecule has 3 N–H and O–H groups in total. The lowest BCUT2D eigenvalue weighted by atomic mass is 10.1. The second-order valence-corrected chi connectivity index (χ2v) is 4.36. The number of hydrogen-bond acceptors (Lipinski definition) is 3. The van der Waals surface area contributed by atoms with Gasteiger partial charge in [-0.2, -0.15) is 0 Å². The third kappa shape index (κ3) is 2.12. The van der Waals surface area contributed by atoms with Gasteiger partial charge in [0.1, 0.15) is 0 Å². The second-order valence-electron chi connectivity index (χ2n) is 4.36. The summed E-state index contributed by atoms with van der Waals surface area (Å²) in [5.74, 6) is 0.459. The summed E-state index contributed by atoms with van der Waals surface area (Å²) in [5.41, 5.74) is 5.14. The average Bonchev–Trinajstić information content (AvgIpc) is 2.86. The fourth-order valence-electron chi connectivity index (χ4n) is 2.58. The minimum atomic E-state index is -0.271. The van der Waals surface area contributed by atoms with Gasteiger partial charge in [0, 0.05) is 12.6 Å². The van der Waals surface area contributed by atoms with Gasteiger partial charge in [-0.05, 0) is 25.2 Å². The summed E-state index contributed by atoms with van der Waals surface area (Å²) in [7, 11) is 0. The molecular weight excluding hydrogens is 194 g/mol. The summed E-state index contributed by atoms with van der Waals surface area (Å²) in [6.45, 7) is 0.917. The summed E-state index contributed by atoms with van der Waals surface area (Å²) in [4.78, 5) is 24.5. The Balaban J connectivity index is 1.79. The zero-order valence-corrected chi connectivity index (χ0v) is 8.74. The first-order valence-electron chi connectivity index (χ1n) is 5.47. The number of nitrogens with zero attached hydrogens (tertiary/aromatic N) is 1. The highest BCUT2D eigenvalue weighted by molar-refractivity contribution is 5.85. The minimum Gasteiger partial charge on any atom is -0.346 e. The Hall–Kier alpha value is -1.10. The molecule has 2 fully saturated rings. The predicted molar refractivity (Wildman–Crippen MR) is 54.9 cm³/mol. The third-order valence-electron chi connectivity index (χ3n) is 3.35. The first-order chi connectivity index (χ1) is 7.20. The summed E-state index contributed by atoms with van der Waals surface area (Å²) in [6.07, 6.45) is 3.53. The van der Waals surface area contributed by atoms with Gasteiger partial charge in [0.15, 0.2) is 0 Å². The number of hydrogen-bond donors (Lipinski definition) is 2. The van der Waals surface area contributed by atoms with Crippen LogP contribution in [-0.2, 0) is 9.59 Å². The number of amides is 2. The highest BCUT2D eigenvalue weighted by atomic mass is 16.2. The Bertz CT molecular complexity index is 280. The third-order valence-corrected chi connectivity index (χ3v) is 3.35. The van der Waals surface area contributed by atoms with Gasteiger partial charge in [-0.25, -0.2) is 0 Å². The Kier molecular flexibility index (Phi) is 2.90. The molecule has 1 saturated heterocycles. The van der Waals surface area contributed by atoms with Crippen LogP contribution in [0.25, 0.3) is 0 Å². The summed E-state index contributed by atoms with van der Waals surface area (Å²) in [5, 5.41) is 2.51. The van der Waals surface area contributed by atoms with Crippen molar-refractivity contribution in [1.82, 2.24) is 10.2 Å². The highest BCUT2D eigenvalue weighted by Gasteiger charge is 2.39. The van der Waals surface area contributed by atoms with Crippen molar-refractivity contribution in [3.05, 3.63) is 0 Å². The number of piperidine rings is 1. The standard InChI is InChI=1S/C10H17N3O2/c11-4-9(14)12-5-10(15)13-6-7-1-2-8(13)3-7/h7-8H,1-6,11H2,(H,12,14). The van der Waals surface area contributed by atoms with Crippen LogP contribution in [0.1, 0.15) is 19.3 Å². The lowest BCUT2D eigenvalue weighted by molar-refractivity contribution is -0.134. The van der Waals surface area contributed by atoms with E-state index in [2.05, 4.69) is 5.32 Å². The molecule has 1 saturated carbocycles. The number of carbonyl (C=O) groups is 2. The molecule has 1 heterocycles. The van der Waals surface area contributed by atoms with Gasteiger partial charge in [-0.3, -0.25) is 9.59 Å². The van der Waals surface area contributed by atoms with Crippen molar-refractivity contribution in [1.29, 1.82) is 0 Å². The molecule has 0 radical (unpaired) electrons. The van der Waals surface area contributed by atoms with E-state index < -0.39 is 0 Å². The zero-order valence-electron chi connectivity index (χ0n) is 8.74. The van der Waals surface area contributed by atoms with Gasteiger partial charge in [0.05, 0.1) is 13.1 Å². The highest BCUT2D eigenvalue weighted by Crippen LogP contribution is 2.37. The van der Waals surface area contributed by atoms with Crippen LogP contribution in [0.4, 0.5) is 0 Å². The second kappa shape index (κ2) is 4.18. The molecule has 1 aliphatic heterocycles. The quantitative estimate of drug-likeness (QED) is 0.633. The van der Waals surface area contributed by atoms with E-state index in [0.29, 0.717) is 12.0 Å². The van der Waals surface area contributed by atoms with Crippen molar-refractivity contribution >= 4 is 11.8 Å². The summed E-state index contributed by atoms with van der Waals surface area (Å²) >= 11 is 0. The van der Waals surface area contributed by atoms with E-state index in [0.717, 1.165) is 19.4 Å². The van der Waals surface area contributed by atoms with E-state index in [1.807, 2.05) is 4.90 Å². The smallest absolute Gasteiger partial charge is 0.242 e. The maximum Gasteiger partial charge on any atom is 0.242 e. The van der Waals surface area contributed by atoms with E-state index in [9.17, 15) is 9.59 Å². The predicted octanol–water partition coefficient (Wildman–Crippen LogP) is -0.928. The van der Waals surface area contributed by atoms with Crippen molar-refractivity contribution < 1.29 is 9.59 Å². The van der Waals surface area contributed by atoms with E-state index in [-0.39, 0.29) is 24.9 Å². The van der Waals surface area contributed by atoms with Crippen LogP contribution in [0, 0.1) is 5.92 Å². The maximum absolute atomic E-state index is 11.7. The van der Waals surface area contributed by atoms with Crippen molar-refractivity contribution in [2.24, 2.45) is 11.7 Å². The molecule has 2 aliphatic rings. The molecule has 0 aromatic heterocycles. The fraction of sp³-hybridized carbons (Fsp3) is 0.800. The lowest BCUT2D eigenvalue weighted by Crippen LogP contribution is -2.44. The molecule has 0 aromatic rings. The lowest BCUT2D eigenvalue weighted by Gasteiger charge is -2.27. The number of nitrogens with one attached hydrogen (secondary N) is 1. The number of likely N-dealkylation sites (tertiary alicyclic amines) is 1. The SMILES string of the molecule is NCC(=O)NCC(=O)N1CC2CCC1C2. The Morgan fingerprint density at radius 1 is 1.40 bits per heavy atom. The molecule has 5 heteroatoms. The first-order valence-corrected chi connectivity index (χ1v) is 5.47. The number of carbonyl (C=O) groups excluding carboxylic acids is 2. The molecule has 15 heavy (non-hydrogen) atoms. The van der Waals surface area contributed by atoms with Gasteiger partial charge in [0.25, 0.3) is 0 Å². The topological polar surface area (TPSA) is 75.4 Å². The molecular formula is C10H17N3O2. The van der Waals surface area contributed by atoms with Gasteiger partial charge < -0.3 is 16.0 Å². The van der Waals surface area contributed by atoms with Crippen molar-refractivity contribution in [2.45, 2.75) is 25.3 Å². The Labute approximate surface area is 89.0 Å². The molecule has 2 unspecified atom stereocenters. The molecule has 2 amide bonds. The summed E-state index contributed by atoms with van der Waals surface area (Å²) in [6, 6.07) is 0.428. The monoisotopic (exact) mass is 211 g/mol. The van der Waals surface area contributed by atoms with Crippen molar-refractivity contribution in [3.8, 4) is 0 Å². The zero-order chi connectivity index (χ0) is 10.8. The Morgan fingerprint density at radius 3 is 2.73 bits per heavy atom. The van der Waals surface area contributed by atoms with Gasteiger partial charge in [-0.1, -0.05) is 0 Å². The van der Waals surface area contributed by atoms with Gasteiger partial charge >= 0.3 is 0 Å². The van der Waals surface area contributed by atoms with E-state index in [4.69, 9.17) is 5.73 Å². The van der Waals surface area contributed by atoms with Crippen LogP contribution in [0.3, 0.4) is 0 Å². The number of nitrogens with two attached hydrogens (primary N) is 1. The van der Waals surface area contributed by atoms with Gasteiger partial charge in [-0.15, -0.1) is 0 Å². The minimum absolute atomic E-state index is 0.0315. The molecule has 1 aliphatic carbocycles. The van der Waals surface area contributed by atoms with Crippen LogP contribution >= 0.6 is 0 Å². The largest absolute Gasteiger partial charge is 0.346 e. The van der Waals surface area contributed by atoms with E-state index >= 15 is 0 Å². The molecule has 5 nitrogen and oxygen atoms in total. The fourth-order valence-corrected chi connectivity index (χ4v) is 2.58. The molecule has 0 aromatic carbocycles. The first kappa shape index (κ1) is 10.4. The normalized spacial score (nSPS) is 28.2. The van der Waals surface area contributed by atoms with Crippen LogP contribution in [0.5, 0.6) is 0 Å². The van der Waals surface area contributed by atoms with Crippen LogP contribution < -0.4 is 11.1 Å². The van der Waals surface area contributed by atoms with E-state index in [1.165, 1.54) is 6.42 Å². The number of fused-ring (bicyclic) bond motifs is 2. The molecule has 2 bridgehead atoms. The van der Waals surface area contributed by atoms with Gasteiger partial charge in [0.2, 0.25) is 11.8 Å². The summed E-state index contributed by atoms with van der Waals surface area (Å²) < 4.78 is 0. The average molecular weight is 211 g/mol. The maximum atomic E-state index is 11.7. The van der Waals surface area contributed by atoms with Crippen LogP contribution in [0.15, 0.2) is 0 Å².